The summed E-state index contributed by atoms with van der Waals surface area (Å²) < 4.78 is 18.9. The zero-order valence-corrected chi connectivity index (χ0v) is 12.6. The zero-order valence-electron chi connectivity index (χ0n) is 11.9. The smallest absolute Gasteiger partial charge is 0.227 e. The molecule has 0 unspecified atom stereocenters. The fourth-order valence-corrected chi connectivity index (χ4v) is 2.85. The van der Waals surface area contributed by atoms with Gasteiger partial charge in [-0.05, 0) is 13.0 Å². The Morgan fingerprint density at radius 2 is 2.33 bits per heavy atom. The highest BCUT2D eigenvalue weighted by Crippen LogP contribution is 2.30. The molecular formula is C15H19ClFNO3. The highest BCUT2D eigenvalue weighted by atomic mass is 35.5. The number of hydrogen-bond acceptors (Lipinski definition) is 3. The fourth-order valence-electron chi connectivity index (χ4n) is 2.60. The lowest BCUT2D eigenvalue weighted by atomic mass is 10.1. The predicted molar refractivity (Wildman–Crippen MR) is 78.4 cm³/mol. The fraction of sp³-hybridized carbons (Fsp3) is 0.533. The van der Waals surface area contributed by atoms with Crippen LogP contribution in [-0.2, 0) is 11.2 Å². The Bertz CT molecular complexity index is 512. The van der Waals surface area contributed by atoms with E-state index >= 15 is 0 Å². The number of amides is 1. The molecular weight excluding hydrogens is 297 g/mol. The van der Waals surface area contributed by atoms with E-state index in [1.165, 1.54) is 4.90 Å². The number of likely N-dealkylation sites (tertiary alicyclic amines) is 1. The molecule has 1 heterocycles. The molecule has 0 radical (unpaired) electrons. The summed E-state index contributed by atoms with van der Waals surface area (Å²) in [5.41, 5.74) is 0.674. The van der Waals surface area contributed by atoms with Crippen molar-refractivity contribution in [1.29, 1.82) is 0 Å². The maximum atomic E-state index is 13.4. The molecule has 0 aromatic heterocycles. The monoisotopic (exact) mass is 315 g/mol. The number of aliphatic hydroxyl groups is 1. The normalized spacial score (nSPS) is 21.6. The van der Waals surface area contributed by atoms with E-state index in [9.17, 15) is 14.3 Å². The van der Waals surface area contributed by atoms with Crippen molar-refractivity contribution >= 4 is 17.5 Å². The van der Waals surface area contributed by atoms with Gasteiger partial charge in [0, 0.05) is 12.0 Å². The van der Waals surface area contributed by atoms with Crippen molar-refractivity contribution in [1.82, 2.24) is 4.90 Å². The molecule has 1 aromatic carbocycles. The molecule has 2 atom stereocenters. The topological polar surface area (TPSA) is 49.8 Å². The third kappa shape index (κ3) is 3.66. The van der Waals surface area contributed by atoms with E-state index in [1.54, 1.807) is 18.2 Å². The summed E-state index contributed by atoms with van der Waals surface area (Å²) in [6, 6.07) is 4.78. The lowest BCUT2D eigenvalue weighted by Gasteiger charge is -2.23. The molecule has 1 fully saturated rings. The molecule has 1 N–H and O–H groups in total. The molecule has 0 spiro atoms. The van der Waals surface area contributed by atoms with Gasteiger partial charge in [0.2, 0.25) is 5.91 Å². The summed E-state index contributed by atoms with van der Waals surface area (Å²) in [6.45, 7) is 2.10. The molecule has 1 aliphatic heterocycles. The lowest BCUT2D eigenvalue weighted by molar-refractivity contribution is -0.132. The van der Waals surface area contributed by atoms with Gasteiger partial charge in [0.15, 0.2) is 0 Å². The van der Waals surface area contributed by atoms with Gasteiger partial charge in [0.25, 0.3) is 0 Å². The number of carbonyl (C=O) groups is 1. The first-order valence-electron chi connectivity index (χ1n) is 7.01. The summed E-state index contributed by atoms with van der Waals surface area (Å²) in [5.74, 6) is 0.268. The van der Waals surface area contributed by atoms with Crippen LogP contribution in [0.15, 0.2) is 18.2 Å². The molecule has 6 heteroatoms. The van der Waals surface area contributed by atoms with Crippen molar-refractivity contribution in [3.63, 3.8) is 0 Å². The third-order valence-electron chi connectivity index (χ3n) is 3.57. The molecule has 2 rings (SSSR count). The van der Waals surface area contributed by atoms with Gasteiger partial charge in [-0.2, -0.15) is 0 Å². The molecule has 1 aromatic rings. The summed E-state index contributed by atoms with van der Waals surface area (Å²) in [7, 11) is 0. The summed E-state index contributed by atoms with van der Waals surface area (Å²) in [4.78, 5) is 13.8. The van der Waals surface area contributed by atoms with Gasteiger partial charge in [-0.15, -0.1) is 0 Å². The number of aliphatic hydroxyl groups excluding tert-OH is 1. The Kier molecular flexibility index (Phi) is 5.42. The molecule has 0 bridgehead atoms. The van der Waals surface area contributed by atoms with Crippen molar-refractivity contribution < 1.29 is 19.0 Å². The molecule has 0 aliphatic carbocycles. The number of nitrogens with zero attached hydrogens (tertiary/aromatic N) is 1. The average molecular weight is 316 g/mol. The van der Waals surface area contributed by atoms with Crippen molar-refractivity contribution in [3.8, 4) is 5.75 Å². The second kappa shape index (κ2) is 7.09. The van der Waals surface area contributed by atoms with Crippen molar-refractivity contribution in [3.05, 3.63) is 28.8 Å². The van der Waals surface area contributed by atoms with Crippen LogP contribution in [0.25, 0.3) is 0 Å². The van der Waals surface area contributed by atoms with Crippen LogP contribution in [-0.4, -0.2) is 47.9 Å². The molecule has 1 amide bonds. The van der Waals surface area contributed by atoms with Gasteiger partial charge in [0.05, 0.1) is 37.2 Å². The summed E-state index contributed by atoms with van der Waals surface area (Å²) in [6.07, 6.45) is -0.799. The number of halogens is 2. The van der Waals surface area contributed by atoms with E-state index in [0.717, 1.165) is 0 Å². The Hall–Kier alpha value is -1.33. The predicted octanol–water partition coefficient (Wildman–Crippen LogP) is 2.21. The second-order valence-corrected chi connectivity index (χ2v) is 5.46. The molecule has 116 valence electrons. The van der Waals surface area contributed by atoms with Crippen molar-refractivity contribution in [2.24, 2.45) is 0 Å². The maximum absolute atomic E-state index is 13.4. The first-order chi connectivity index (χ1) is 10.1. The summed E-state index contributed by atoms with van der Waals surface area (Å²) >= 11 is 6.08. The van der Waals surface area contributed by atoms with E-state index < -0.39 is 12.2 Å². The van der Waals surface area contributed by atoms with Crippen LogP contribution < -0.4 is 4.74 Å². The largest absolute Gasteiger partial charge is 0.492 e. The number of rotatable bonds is 5. The van der Waals surface area contributed by atoms with Crippen LogP contribution in [0.4, 0.5) is 4.39 Å². The number of para-hydroxylation sites is 1. The maximum Gasteiger partial charge on any atom is 0.227 e. The number of alkyl halides is 1. The van der Waals surface area contributed by atoms with Gasteiger partial charge in [0.1, 0.15) is 11.9 Å². The van der Waals surface area contributed by atoms with Gasteiger partial charge in [-0.1, -0.05) is 23.7 Å². The highest BCUT2D eigenvalue weighted by molar-refractivity contribution is 6.32. The quantitative estimate of drug-likeness (QED) is 0.906. The van der Waals surface area contributed by atoms with Crippen LogP contribution in [0.5, 0.6) is 5.75 Å². The van der Waals surface area contributed by atoms with E-state index in [1.807, 2.05) is 6.92 Å². The van der Waals surface area contributed by atoms with Crippen LogP contribution in [0.1, 0.15) is 18.9 Å². The first kappa shape index (κ1) is 16.0. The van der Waals surface area contributed by atoms with E-state index in [-0.39, 0.29) is 31.9 Å². The zero-order chi connectivity index (χ0) is 15.4. The van der Waals surface area contributed by atoms with Crippen molar-refractivity contribution in [2.45, 2.75) is 32.0 Å². The second-order valence-electron chi connectivity index (χ2n) is 5.05. The number of ether oxygens (including phenoxy) is 1. The number of hydrogen-bond donors (Lipinski definition) is 1. The van der Waals surface area contributed by atoms with E-state index in [2.05, 4.69) is 0 Å². The number of benzene rings is 1. The Morgan fingerprint density at radius 3 is 3.00 bits per heavy atom. The third-order valence-corrected chi connectivity index (χ3v) is 3.87. The molecule has 1 aliphatic rings. The Balaban J connectivity index is 2.14. The summed E-state index contributed by atoms with van der Waals surface area (Å²) in [5, 5.41) is 9.70. The van der Waals surface area contributed by atoms with E-state index in [4.69, 9.17) is 16.3 Å². The van der Waals surface area contributed by atoms with Gasteiger partial charge >= 0.3 is 0 Å². The molecule has 4 nitrogen and oxygen atoms in total. The molecule has 0 saturated carbocycles. The first-order valence-corrected chi connectivity index (χ1v) is 7.39. The standard InChI is InChI=1S/C15H19ClFNO3/c1-2-21-15-10(4-3-5-13(15)16)6-14(20)18-8-11(17)7-12(18)9-19/h3-5,11-12,19H,2,6-9H2,1H3/t11-,12-/m0/s1. The minimum atomic E-state index is -1.07. The van der Waals surface area contributed by atoms with Gasteiger partial charge < -0.3 is 14.7 Å². The molecule has 1 saturated heterocycles. The Morgan fingerprint density at radius 1 is 1.57 bits per heavy atom. The lowest BCUT2D eigenvalue weighted by Crippen LogP contribution is -2.38. The molecule has 21 heavy (non-hydrogen) atoms. The van der Waals surface area contributed by atoms with Gasteiger partial charge in [-0.25, -0.2) is 4.39 Å². The number of carbonyl (C=O) groups excluding carboxylic acids is 1. The van der Waals surface area contributed by atoms with Crippen LogP contribution in [0, 0.1) is 0 Å². The average Bonchev–Trinajstić information content (AvgIpc) is 2.84. The minimum absolute atomic E-state index is 0.0363. The highest BCUT2D eigenvalue weighted by Gasteiger charge is 2.34. The minimum Gasteiger partial charge on any atom is -0.492 e. The van der Waals surface area contributed by atoms with Crippen LogP contribution in [0.2, 0.25) is 5.02 Å². The van der Waals surface area contributed by atoms with Crippen molar-refractivity contribution in [2.75, 3.05) is 19.8 Å². The SMILES string of the molecule is CCOc1c(Cl)cccc1CC(=O)N1C[C@@H](F)C[C@H]1CO. The van der Waals surface area contributed by atoms with Gasteiger partial charge in [-0.3, -0.25) is 4.79 Å². The van der Waals surface area contributed by atoms with Crippen LogP contribution >= 0.6 is 11.6 Å². The Labute approximate surface area is 128 Å². The van der Waals surface area contributed by atoms with E-state index in [0.29, 0.717) is 22.9 Å². The van der Waals surface area contributed by atoms with Crippen LogP contribution in [0.3, 0.4) is 0 Å².